The Kier molecular flexibility index (Phi) is 2.90. The molecule has 0 bridgehead atoms. The molecule has 1 aromatic carbocycles. The lowest BCUT2D eigenvalue weighted by molar-refractivity contribution is -0.142. The van der Waals surface area contributed by atoms with Crippen molar-refractivity contribution in [3.05, 3.63) is 41.7 Å². The topological polar surface area (TPSA) is 68.0 Å². The van der Waals surface area contributed by atoms with Gasteiger partial charge >= 0.3 is 5.97 Å². The smallest absolute Gasteiger partial charge is 0.315 e. The summed E-state index contributed by atoms with van der Waals surface area (Å²) in [5.74, 6) is -0.903. The third kappa shape index (κ3) is 1.88. The number of hydrogen-bond acceptors (Lipinski definition) is 3. The molecular weight excluding hydrogens is 230 g/mol. The lowest BCUT2D eigenvalue weighted by atomic mass is 9.90. The molecule has 0 saturated heterocycles. The Bertz CT molecular complexity index is 587. The zero-order valence-corrected chi connectivity index (χ0v) is 10.6. The van der Waals surface area contributed by atoms with Gasteiger partial charge in [0.15, 0.2) is 0 Å². The van der Waals surface area contributed by atoms with Crippen LogP contribution in [-0.2, 0) is 10.2 Å². The molecule has 2 rings (SSSR count). The van der Waals surface area contributed by atoms with Gasteiger partial charge in [0, 0.05) is 0 Å². The minimum absolute atomic E-state index is 0.560. The number of aryl methyl sites for hydroxylation is 1. The molecule has 94 valence electrons. The molecule has 5 heteroatoms. The summed E-state index contributed by atoms with van der Waals surface area (Å²) in [6, 6.07) is 7.67. The Hall–Kier alpha value is -2.17. The third-order valence-corrected chi connectivity index (χ3v) is 3.07. The second kappa shape index (κ2) is 4.25. The maximum Gasteiger partial charge on any atom is 0.315 e. The summed E-state index contributed by atoms with van der Waals surface area (Å²) < 4.78 is 1.59. The second-order valence-electron chi connectivity index (χ2n) is 4.75. The first kappa shape index (κ1) is 12.3. The first-order chi connectivity index (χ1) is 8.44. The molecule has 5 nitrogen and oxygen atoms in total. The van der Waals surface area contributed by atoms with E-state index < -0.39 is 11.4 Å². The fourth-order valence-electron chi connectivity index (χ4n) is 1.75. The van der Waals surface area contributed by atoms with Crippen LogP contribution in [0.4, 0.5) is 0 Å². The van der Waals surface area contributed by atoms with Crippen molar-refractivity contribution < 1.29 is 9.90 Å². The molecule has 18 heavy (non-hydrogen) atoms. The highest BCUT2D eigenvalue weighted by molar-refractivity contribution is 5.79. The molecule has 0 aliphatic rings. The molecule has 0 fully saturated rings. The minimum atomic E-state index is -1.04. The summed E-state index contributed by atoms with van der Waals surface area (Å²) in [5, 5.41) is 17.1. The van der Waals surface area contributed by atoms with Crippen molar-refractivity contribution in [2.75, 3.05) is 0 Å². The molecule has 0 saturated carbocycles. The molecule has 0 unspecified atom stereocenters. The molecule has 1 heterocycles. The van der Waals surface area contributed by atoms with Gasteiger partial charge in [-0.15, -0.1) is 5.10 Å². The summed E-state index contributed by atoms with van der Waals surface area (Å²) in [4.78, 5) is 11.3. The summed E-state index contributed by atoms with van der Waals surface area (Å²) in [7, 11) is 0. The normalized spacial score (nSPS) is 11.5. The number of carbonyl (C=O) groups is 1. The Morgan fingerprint density at radius 3 is 2.61 bits per heavy atom. The average Bonchev–Trinajstić information content (AvgIpc) is 2.78. The Labute approximate surface area is 105 Å². The van der Waals surface area contributed by atoms with Crippen LogP contribution < -0.4 is 0 Å². The van der Waals surface area contributed by atoms with E-state index in [9.17, 15) is 9.90 Å². The number of carboxylic acid groups (broad SMARTS) is 1. The van der Waals surface area contributed by atoms with E-state index in [4.69, 9.17) is 0 Å². The zero-order chi connectivity index (χ0) is 13.3. The van der Waals surface area contributed by atoms with Crippen LogP contribution in [0, 0.1) is 6.92 Å². The number of hydrogen-bond donors (Lipinski definition) is 1. The highest BCUT2D eigenvalue weighted by atomic mass is 16.4. The Morgan fingerprint density at radius 1 is 1.33 bits per heavy atom. The number of benzene rings is 1. The van der Waals surface area contributed by atoms with Crippen molar-refractivity contribution in [2.45, 2.75) is 26.2 Å². The monoisotopic (exact) mass is 245 g/mol. The van der Waals surface area contributed by atoms with E-state index in [-0.39, 0.29) is 0 Å². The number of aromatic nitrogens is 3. The van der Waals surface area contributed by atoms with Crippen LogP contribution in [0.1, 0.15) is 25.1 Å². The highest BCUT2D eigenvalue weighted by Crippen LogP contribution is 2.25. The van der Waals surface area contributed by atoms with Crippen LogP contribution in [0.3, 0.4) is 0 Å². The van der Waals surface area contributed by atoms with E-state index in [0.29, 0.717) is 5.69 Å². The summed E-state index contributed by atoms with van der Waals surface area (Å²) in [6.07, 6.45) is 1.50. The molecule has 0 aliphatic carbocycles. The van der Waals surface area contributed by atoms with Gasteiger partial charge in [0.05, 0.1) is 17.6 Å². The van der Waals surface area contributed by atoms with Gasteiger partial charge in [-0.2, -0.15) is 0 Å². The SMILES string of the molecule is Cc1ccccc1-n1nncc1C(C)(C)C(=O)O. The van der Waals surface area contributed by atoms with Crippen molar-refractivity contribution in [1.82, 2.24) is 15.0 Å². The van der Waals surface area contributed by atoms with Gasteiger partial charge in [0.1, 0.15) is 5.41 Å². The quantitative estimate of drug-likeness (QED) is 0.897. The Morgan fingerprint density at radius 2 is 2.00 bits per heavy atom. The van der Waals surface area contributed by atoms with E-state index in [2.05, 4.69) is 10.3 Å². The van der Waals surface area contributed by atoms with Gasteiger partial charge in [-0.3, -0.25) is 4.79 Å². The van der Waals surface area contributed by atoms with Crippen LogP contribution in [0.2, 0.25) is 0 Å². The van der Waals surface area contributed by atoms with E-state index in [0.717, 1.165) is 11.3 Å². The number of carboxylic acids is 1. The predicted octanol–water partition coefficient (Wildman–Crippen LogP) is 1.94. The van der Waals surface area contributed by atoms with Gasteiger partial charge in [-0.1, -0.05) is 23.4 Å². The zero-order valence-electron chi connectivity index (χ0n) is 10.6. The summed E-state index contributed by atoms with van der Waals surface area (Å²) in [6.45, 7) is 5.24. The van der Waals surface area contributed by atoms with Crippen LogP contribution in [-0.4, -0.2) is 26.1 Å². The molecule has 1 aromatic heterocycles. The van der Waals surface area contributed by atoms with Crippen LogP contribution in [0.5, 0.6) is 0 Å². The fourth-order valence-corrected chi connectivity index (χ4v) is 1.75. The lowest BCUT2D eigenvalue weighted by Gasteiger charge is -2.20. The molecule has 2 aromatic rings. The number of para-hydroxylation sites is 1. The van der Waals surface area contributed by atoms with E-state index in [1.807, 2.05) is 31.2 Å². The van der Waals surface area contributed by atoms with Gasteiger partial charge < -0.3 is 5.11 Å². The van der Waals surface area contributed by atoms with Gasteiger partial charge in [-0.25, -0.2) is 4.68 Å². The van der Waals surface area contributed by atoms with Crippen molar-refractivity contribution in [1.29, 1.82) is 0 Å². The molecule has 0 spiro atoms. The van der Waals surface area contributed by atoms with Gasteiger partial charge in [-0.05, 0) is 32.4 Å². The molecular formula is C13H15N3O2. The molecule has 0 radical (unpaired) electrons. The average molecular weight is 245 g/mol. The van der Waals surface area contributed by atoms with Crippen molar-refractivity contribution in [2.24, 2.45) is 0 Å². The first-order valence-electron chi connectivity index (χ1n) is 5.65. The van der Waals surface area contributed by atoms with E-state index >= 15 is 0 Å². The summed E-state index contributed by atoms with van der Waals surface area (Å²) >= 11 is 0. The van der Waals surface area contributed by atoms with Gasteiger partial charge in [0.25, 0.3) is 0 Å². The largest absolute Gasteiger partial charge is 0.481 e. The second-order valence-corrected chi connectivity index (χ2v) is 4.75. The third-order valence-electron chi connectivity index (χ3n) is 3.07. The standard InChI is InChI=1S/C13H15N3O2/c1-9-6-4-5-7-10(9)16-11(8-14-15-16)13(2,3)12(17)18/h4-8H,1-3H3,(H,17,18). The van der Waals surface area contributed by atoms with E-state index in [1.54, 1.807) is 18.5 Å². The number of rotatable bonds is 3. The first-order valence-corrected chi connectivity index (χ1v) is 5.65. The fraction of sp³-hybridized carbons (Fsp3) is 0.308. The Balaban J connectivity index is 2.60. The van der Waals surface area contributed by atoms with Crippen LogP contribution in [0.25, 0.3) is 5.69 Å². The molecule has 0 amide bonds. The molecule has 0 atom stereocenters. The van der Waals surface area contributed by atoms with Gasteiger partial charge in [0.2, 0.25) is 0 Å². The predicted molar refractivity (Wildman–Crippen MR) is 66.8 cm³/mol. The number of nitrogens with zero attached hydrogens (tertiary/aromatic N) is 3. The molecule has 1 N–H and O–H groups in total. The van der Waals surface area contributed by atoms with Crippen molar-refractivity contribution >= 4 is 5.97 Å². The lowest BCUT2D eigenvalue weighted by Crippen LogP contribution is -2.31. The highest BCUT2D eigenvalue weighted by Gasteiger charge is 2.34. The van der Waals surface area contributed by atoms with Crippen LogP contribution in [0.15, 0.2) is 30.5 Å². The van der Waals surface area contributed by atoms with E-state index in [1.165, 1.54) is 6.20 Å². The maximum atomic E-state index is 11.3. The number of aliphatic carboxylic acids is 1. The van der Waals surface area contributed by atoms with Crippen LogP contribution >= 0.6 is 0 Å². The maximum absolute atomic E-state index is 11.3. The molecule has 0 aliphatic heterocycles. The summed E-state index contributed by atoms with van der Waals surface area (Å²) in [5.41, 5.74) is 1.39. The minimum Gasteiger partial charge on any atom is -0.481 e. The van der Waals surface area contributed by atoms with Crippen molar-refractivity contribution in [3.63, 3.8) is 0 Å². The van der Waals surface area contributed by atoms with Crippen molar-refractivity contribution in [3.8, 4) is 5.69 Å².